The number of carboxylic acid groups (broad SMARTS) is 1. The summed E-state index contributed by atoms with van der Waals surface area (Å²) in [5.74, 6) is -1.11. The monoisotopic (exact) mass is 234 g/mol. The molecule has 0 amide bonds. The van der Waals surface area contributed by atoms with Gasteiger partial charge in [0.2, 0.25) is 0 Å². The number of aliphatic carboxylic acids is 1. The first-order chi connectivity index (χ1) is 7.30. The van der Waals surface area contributed by atoms with Crippen LogP contribution in [0.25, 0.3) is 0 Å². The van der Waals surface area contributed by atoms with Crippen LogP contribution >= 0.6 is 0 Å². The summed E-state index contributed by atoms with van der Waals surface area (Å²) in [6.45, 7) is 1.35. The Hall–Kier alpha value is -1.79. The molecule has 0 aromatic carbocycles. The van der Waals surface area contributed by atoms with Gasteiger partial charge in [0.25, 0.3) is 0 Å². The maximum Gasteiger partial charge on any atom is 0.435 e. The van der Waals surface area contributed by atoms with Gasteiger partial charge in [0, 0.05) is 11.8 Å². The van der Waals surface area contributed by atoms with Crippen molar-refractivity contribution in [2.75, 3.05) is 0 Å². The Balaban J connectivity index is 2.74. The highest BCUT2D eigenvalue weighted by molar-refractivity contribution is 5.85. The molecule has 7 heteroatoms. The minimum absolute atomic E-state index is 0.00574. The highest BCUT2D eigenvalue weighted by Gasteiger charge is 2.33. The molecule has 4 nitrogen and oxygen atoms in total. The lowest BCUT2D eigenvalue weighted by molar-refractivity contribution is -0.141. The van der Waals surface area contributed by atoms with Gasteiger partial charge in [0.15, 0.2) is 5.69 Å². The second-order valence-corrected chi connectivity index (χ2v) is 3.11. The van der Waals surface area contributed by atoms with Crippen molar-refractivity contribution in [3.05, 3.63) is 29.6 Å². The molecule has 0 fully saturated rings. The fourth-order valence-corrected chi connectivity index (χ4v) is 0.932. The van der Waals surface area contributed by atoms with E-state index in [2.05, 4.69) is 5.10 Å². The average Bonchev–Trinajstić information content (AvgIpc) is 2.61. The third-order valence-corrected chi connectivity index (χ3v) is 1.85. The van der Waals surface area contributed by atoms with Gasteiger partial charge in [-0.3, -0.25) is 4.68 Å². The van der Waals surface area contributed by atoms with Crippen molar-refractivity contribution in [1.82, 2.24) is 9.78 Å². The van der Waals surface area contributed by atoms with Crippen LogP contribution in [0.15, 0.2) is 23.9 Å². The van der Waals surface area contributed by atoms with E-state index in [9.17, 15) is 18.0 Å². The van der Waals surface area contributed by atoms with Gasteiger partial charge in [-0.1, -0.05) is 6.08 Å². The number of nitrogens with zero attached hydrogens (tertiary/aromatic N) is 2. The average molecular weight is 234 g/mol. The normalized spacial score (nSPS) is 12.9. The summed E-state index contributed by atoms with van der Waals surface area (Å²) in [6, 6.07) is 0.837. The first kappa shape index (κ1) is 12.3. The molecular formula is C9H9F3N2O2. The molecule has 0 atom stereocenters. The molecule has 0 aliphatic carbocycles. The number of halogens is 3. The number of carbonyl (C=O) groups is 1. The maximum absolute atomic E-state index is 12.1. The molecule has 0 aliphatic rings. The molecule has 1 aromatic rings. The van der Waals surface area contributed by atoms with E-state index in [4.69, 9.17) is 5.11 Å². The Labute approximate surface area is 89.0 Å². The van der Waals surface area contributed by atoms with E-state index in [0.29, 0.717) is 0 Å². The number of carboxylic acids is 1. The quantitative estimate of drug-likeness (QED) is 0.813. The highest BCUT2D eigenvalue weighted by Crippen LogP contribution is 2.27. The largest absolute Gasteiger partial charge is 0.478 e. The minimum Gasteiger partial charge on any atom is -0.478 e. The summed E-state index contributed by atoms with van der Waals surface area (Å²) in [5.41, 5.74) is -0.932. The van der Waals surface area contributed by atoms with Crippen molar-refractivity contribution >= 4 is 5.97 Å². The number of hydrogen-bond donors (Lipinski definition) is 1. The lowest BCUT2D eigenvalue weighted by atomic mass is 10.3. The fourth-order valence-electron chi connectivity index (χ4n) is 0.932. The predicted octanol–water partition coefficient (Wildman–Crippen LogP) is 1.93. The molecule has 0 saturated heterocycles. The van der Waals surface area contributed by atoms with E-state index in [1.807, 2.05) is 0 Å². The summed E-state index contributed by atoms with van der Waals surface area (Å²) in [7, 11) is 0. The fraction of sp³-hybridized carbons (Fsp3) is 0.333. The molecule has 1 N–H and O–H groups in total. The molecule has 1 heterocycles. The molecule has 0 aliphatic heterocycles. The zero-order valence-electron chi connectivity index (χ0n) is 8.32. The lowest BCUT2D eigenvalue weighted by Gasteiger charge is -2.01. The smallest absolute Gasteiger partial charge is 0.435 e. The van der Waals surface area contributed by atoms with E-state index in [-0.39, 0.29) is 12.1 Å². The molecular weight excluding hydrogens is 225 g/mol. The Morgan fingerprint density at radius 3 is 2.69 bits per heavy atom. The number of aromatic nitrogens is 2. The molecule has 0 spiro atoms. The topological polar surface area (TPSA) is 55.1 Å². The van der Waals surface area contributed by atoms with Gasteiger partial charge in [-0.25, -0.2) is 4.79 Å². The van der Waals surface area contributed by atoms with Crippen LogP contribution in [-0.4, -0.2) is 20.9 Å². The second-order valence-electron chi connectivity index (χ2n) is 3.11. The SMILES string of the molecule is CC(=CCn1ccc(C(F)(F)F)n1)C(=O)O. The van der Waals surface area contributed by atoms with Crippen molar-refractivity contribution in [2.45, 2.75) is 19.6 Å². The number of rotatable bonds is 3. The summed E-state index contributed by atoms with van der Waals surface area (Å²) >= 11 is 0. The van der Waals surface area contributed by atoms with Crippen LogP contribution in [0.3, 0.4) is 0 Å². The third-order valence-electron chi connectivity index (χ3n) is 1.85. The Morgan fingerprint density at radius 1 is 1.62 bits per heavy atom. The van der Waals surface area contributed by atoms with Crippen molar-refractivity contribution in [3.8, 4) is 0 Å². The molecule has 0 bridgehead atoms. The van der Waals surface area contributed by atoms with E-state index >= 15 is 0 Å². The van der Waals surface area contributed by atoms with Crippen LogP contribution < -0.4 is 0 Å². The van der Waals surface area contributed by atoms with Crippen molar-refractivity contribution in [1.29, 1.82) is 0 Å². The lowest BCUT2D eigenvalue weighted by Crippen LogP contribution is -2.08. The Morgan fingerprint density at radius 2 is 2.25 bits per heavy atom. The zero-order valence-corrected chi connectivity index (χ0v) is 8.32. The van der Waals surface area contributed by atoms with E-state index < -0.39 is 17.8 Å². The first-order valence-corrected chi connectivity index (χ1v) is 4.31. The number of allylic oxidation sites excluding steroid dienone is 1. The van der Waals surface area contributed by atoms with E-state index in [1.54, 1.807) is 0 Å². The van der Waals surface area contributed by atoms with E-state index in [1.165, 1.54) is 13.0 Å². The number of hydrogen-bond acceptors (Lipinski definition) is 2. The minimum atomic E-state index is -4.48. The predicted molar refractivity (Wildman–Crippen MR) is 48.6 cm³/mol. The Bertz CT molecular complexity index is 421. The van der Waals surface area contributed by atoms with Gasteiger partial charge in [0.05, 0.1) is 6.54 Å². The van der Waals surface area contributed by atoms with E-state index in [0.717, 1.165) is 16.9 Å². The molecule has 16 heavy (non-hydrogen) atoms. The van der Waals surface area contributed by atoms with Crippen LogP contribution in [0.2, 0.25) is 0 Å². The van der Waals surface area contributed by atoms with Gasteiger partial charge in [0.1, 0.15) is 0 Å². The summed E-state index contributed by atoms with van der Waals surface area (Å²) in [4.78, 5) is 10.4. The van der Waals surface area contributed by atoms with Gasteiger partial charge in [-0.2, -0.15) is 18.3 Å². The first-order valence-electron chi connectivity index (χ1n) is 4.31. The van der Waals surface area contributed by atoms with Crippen molar-refractivity contribution in [3.63, 3.8) is 0 Å². The van der Waals surface area contributed by atoms with Gasteiger partial charge in [-0.15, -0.1) is 0 Å². The van der Waals surface area contributed by atoms with Crippen LogP contribution in [0.5, 0.6) is 0 Å². The Kier molecular flexibility index (Phi) is 3.36. The molecule has 0 unspecified atom stereocenters. The summed E-state index contributed by atoms with van der Waals surface area (Å²) < 4.78 is 37.5. The van der Waals surface area contributed by atoms with Crippen LogP contribution in [0.4, 0.5) is 13.2 Å². The zero-order chi connectivity index (χ0) is 12.3. The standard InChI is InChI=1S/C9H9F3N2O2/c1-6(8(15)16)2-4-14-5-3-7(13-14)9(10,11)12/h2-3,5H,4H2,1H3,(H,15,16). The van der Waals surface area contributed by atoms with Crippen LogP contribution in [0.1, 0.15) is 12.6 Å². The van der Waals surface area contributed by atoms with Gasteiger partial charge < -0.3 is 5.11 Å². The summed E-state index contributed by atoms with van der Waals surface area (Å²) in [5, 5.41) is 11.8. The molecule has 88 valence electrons. The number of alkyl halides is 3. The molecule has 0 saturated carbocycles. The molecule has 1 aromatic heterocycles. The maximum atomic E-state index is 12.1. The molecule has 0 radical (unpaired) electrons. The van der Waals surface area contributed by atoms with Crippen molar-refractivity contribution in [2.24, 2.45) is 0 Å². The van der Waals surface area contributed by atoms with Crippen LogP contribution in [-0.2, 0) is 17.5 Å². The third kappa shape index (κ3) is 3.11. The van der Waals surface area contributed by atoms with Gasteiger partial charge >= 0.3 is 12.1 Å². The summed E-state index contributed by atoms with van der Waals surface area (Å²) in [6.07, 6.45) is -2.04. The highest BCUT2D eigenvalue weighted by atomic mass is 19.4. The molecule has 1 rings (SSSR count). The second kappa shape index (κ2) is 4.38. The van der Waals surface area contributed by atoms with Crippen LogP contribution in [0, 0.1) is 0 Å². The van der Waals surface area contributed by atoms with Crippen molar-refractivity contribution < 1.29 is 23.1 Å². The van der Waals surface area contributed by atoms with Gasteiger partial charge in [-0.05, 0) is 13.0 Å².